The van der Waals surface area contributed by atoms with E-state index in [1.165, 1.54) is 6.20 Å². The van der Waals surface area contributed by atoms with Crippen molar-refractivity contribution in [3.63, 3.8) is 0 Å². The molecule has 1 aromatic carbocycles. The molecule has 0 saturated carbocycles. The molecule has 7 heteroatoms. The first-order valence-corrected chi connectivity index (χ1v) is 6.13. The second kappa shape index (κ2) is 6.09. The van der Waals surface area contributed by atoms with E-state index in [1.807, 2.05) is 0 Å². The Hall–Kier alpha value is -2.15. The Labute approximate surface area is 118 Å². The first-order valence-electron chi connectivity index (χ1n) is 6.13. The second-order valence-corrected chi connectivity index (χ2v) is 4.40. The van der Waals surface area contributed by atoms with Gasteiger partial charge in [-0.25, -0.2) is 4.79 Å². The Kier molecular flexibility index (Phi) is 4.42. The van der Waals surface area contributed by atoms with Crippen molar-refractivity contribution in [2.75, 3.05) is 13.7 Å². The van der Waals surface area contributed by atoms with Crippen LogP contribution in [-0.4, -0.2) is 30.8 Å². The van der Waals surface area contributed by atoms with Crippen molar-refractivity contribution < 1.29 is 22.7 Å². The predicted molar refractivity (Wildman–Crippen MR) is 70.6 cm³/mol. The van der Waals surface area contributed by atoms with E-state index in [0.29, 0.717) is 10.9 Å². The van der Waals surface area contributed by atoms with Crippen LogP contribution in [0.4, 0.5) is 13.2 Å². The molecule has 0 aliphatic carbocycles. The van der Waals surface area contributed by atoms with Gasteiger partial charge in [0.2, 0.25) is 0 Å². The van der Waals surface area contributed by atoms with Crippen LogP contribution in [-0.2, 0) is 9.53 Å². The van der Waals surface area contributed by atoms with Crippen molar-refractivity contribution in [1.82, 2.24) is 10.3 Å². The molecular weight excluding hydrogens is 285 g/mol. The number of pyridine rings is 1. The number of halogens is 3. The number of nitrogens with one attached hydrogen (secondary N) is 1. The van der Waals surface area contributed by atoms with E-state index >= 15 is 0 Å². The SMILES string of the molecule is COC(=O)C(NCC(F)(F)F)c1cncc2ccccc12. The maximum absolute atomic E-state index is 12.4. The Morgan fingerprint density at radius 2 is 2.05 bits per heavy atom. The van der Waals surface area contributed by atoms with E-state index in [1.54, 1.807) is 30.5 Å². The van der Waals surface area contributed by atoms with E-state index in [9.17, 15) is 18.0 Å². The van der Waals surface area contributed by atoms with Gasteiger partial charge in [0.05, 0.1) is 13.7 Å². The molecule has 0 bridgehead atoms. The predicted octanol–water partition coefficient (Wildman–Crippen LogP) is 2.60. The van der Waals surface area contributed by atoms with Crippen molar-refractivity contribution in [1.29, 1.82) is 0 Å². The van der Waals surface area contributed by atoms with Crippen LogP contribution in [0.25, 0.3) is 10.8 Å². The summed E-state index contributed by atoms with van der Waals surface area (Å²) in [5.41, 5.74) is 0.351. The maximum atomic E-state index is 12.4. The molecule has 0 spiro atoms. The summed E-state index contributed by atoms with van der Waals surface area (Å²) < 4.78 is 41.7. The third kappa shape index (κ3) is 3.69. The number of fused-ring (bicyclic) bond motifs is 1. The molecule has 1 heterocycles. The number of nitrogens with zero attached hydrogens (tertiary/aromatic N) is 1. The topological polar surface area (TPSA) is 51.2 Å². The van der Waals surface area contributed by atoms with Gasteiger partial charge in [-0.3, -0.25) is 10.3 Å². The van der Waals surface area contributed by atoms with E-state index < -0.39 is 24.7 Å². The lowest BCUT2D eigenvalue weighted by Gasteiger charge is -2.19. The van der Waals surface area contributed by atoms with Gasteiger partial charge in [0, 0.05) is 23.3 Å². The third-order valence-electron chi connectivity index (χ3n) is 2.95. The van der Waals surface area contributed by atoms with Crippen LogP contribution < -0.4 is 5.32 Å². The molecule has 21 heavy (non-hydrogen) atoms. The smallest absolute Gasteiger partial charge is 0.401 e. The highest BCUT2D eigenvalue weighted by molar-refractivity contribution is 5.90. The number of aromatic nitrogens is 1. The van der Waals surface area contributed by atoms with Crippen LogP contribution in [0.3, 0.4) is 0 Å². The molecule has 0 radical (unpaired) electrons. The number of carbonyl (C=O) groups is 1. The van der Waals surface area contributed by atoms with Gasteiger partial charge in [-0.15, -0.1) is 0 Å². The summed E-state index contributed by atoms with van der Waals surface area (Å²) in [6, 6.07) is 5.78. The summed E-state index contributed by atoms with van der Waals surface area (Å²) >= 11 is 0. The highest BCUT2D eigenvalue weighted by Gasteiger charge is 2.32. The van der Waals surface area contributed by atoms with Gasteiger partial charge in [-0.2, -0.15) is 13.2 Å². The van der Waals surface area contributed by atoms with E-state index in [2.05, 4.69) is 15.0 Å². The van der Waals surface area contributed by atoms with Gasteiger partial charge in [0.25, 0.3) is 0 Å². The molecule has 0 fully saturated rings. The van der Waals surface area contributed by atoms with Gasteiger partial charge in [0.1, 0.15) is 6.04 Å². The number of hydrogen-bond acceptors (Lipinski definition) is 4. The van der Waals surface area contributed by atoms with Gasteiger partial charge < -0.3 is 4.74 Å². The number of hydrogen-bond donors (Lipinski definition) is 1. The third-order valence-corrected chi connectivity index (χ3v) is 2.95. The molecule has 0 saturated heterocycles. The minimum Gasteiger partial charge on any atom is -0.468 e. The fourth-order valence-electron chi connectivity index (χ4n) is 2.03. The Bertz CT molecular complexity index is 638. The fraction of sp³-hybridized carbons (Fsp3) is 0.286. The average Bonchev–Trinajstić information content (AvgIpc) is 2.46. The molecular formula is C14H13F3N2O2. The number of methoxy groups -OCH3 is 1. The number of esters is 1. The minimum absolute atomic E-state index is 0.351. The van der Waals surface area contributed by atoms with Crippen LogP contribution in [0.5, 0.6) is 0 Å². The lowest BCUT2D eigenvalue weighted by Crippen LogP contribution is -2.36. The number of carbonyl (C=O) groups excluding carboxylic acids is 1. The average molecular weight is 298 g/mol. The monoisotopic (exact) mass is 298 g/mol. The van der Waals surface area contributed by atoms with Crippen LogP contribution in [0.1, 0.15) is 11.6 Å². The number of alkyl halides is 3. The first-order chi connectivity index (χ1) is 9.92. The molecule has 1 N–H and O–H groups in total. The zero-order valence-electron chi connectivity index (χ0n) is 11.1. The molecule has 0 aliphatic heterocycles. The number of benzene rings is 1. The van der Waals surface area contributed by atoms with Crippen LogP contribution in [0.2, 0.25) is 0 Å². The molecule has 0 amide bonds. The van der Waals surface area contributed by atoms with Gasteiger partial charge >= 0.3 is 12.1 Å². The van der Waals surface area contributed by atoms with Gasteiger partial charge in [-0.1, -0.05) is 24.3 Å². The van der Waals surface area contributed by atoms with Crippen molar-refractivity contribution in [3.8, 4) is 0 Å². The van der Waals surface area contributed by atoms with Gasteiger partial charge in [0.15, 0.2) is 0 Å². The largest absolute Gasteiger partial charge is 0.468 e. The minimum atomic E-state index is -4.43. The second-order valence-electron chi connectivity index (χ2n) is 4.40. The maximum Gasteiger partial charge on any atom is 0.401 e. The standard InChI is InChI=1S/C14H13F3N2O2/c1-21-13(20)12(19-8-14(15,16)17)11-7-18-6-9-4-2-3-5-10(9)11/h2-7,12,19H,8H2,1H3. The molecule has 1 aromatic heterocycles. The zero-order valence-corrected chi connectivity index (χ0v) is 11.1. The van der Waals surface area contributed by atoms with Crippen LogP contribution >= 0.6 is 0 Å². The highest BCUT2D eigenvalue weighted by atomic mass is 19.4. The van der Waals surface area contributed by atoms with Crippen molar-refractivity contribution in [3.05, 3.63) is 42.2 Å². The van der Waals surface area contributed by atoms with Crippen molar-refractivity contribution >= 4 is 16.7 Å². The summed E-state index contributed by atoms with van der Waals surface area (Å²) in [5.74, 6) is -0.794. The molecule has 0 aliphatic rings. The van der Waals surface area contributed by atoms with E-state index in [4.69, 9.17) is 0 Å². The van der Waals surface area contributed by atoms with Crippen molar-refractivity contribution in [2.24, 2.45) is 0 Å². The summed E-state index contributed by atoms with van der Waals surface area (Å²) in [5, 5.41) is 3.56. The molecule has 1 unspecified atom stereocenters. The Morgan fingerprint density at radius 1 is 1.33 bits per heavy atom. The molecule has 112 valence electrons. The molecule has 1 atom stereocenters. The number of rotatable bonds is 4. The quantitative estimate of drug-likeness (QED) is 0.882. The Balaban J connectivity index is 2.41. The number of ether oxygens (including phenoxy) is 1. The summed E-state index contributed by atoms with van der Waals surface area (Å²) in [4.78, 5) is 15.8. The fourth-order valence-corrected chi connectivity index (χ4v) is 2.03. The van der Waals surface area contributed by atoms with E-state index in [0.717, 1.165) is 12.5 Å². The van der Waals surface area contributed by atoms with Crippen molar-refractivity contribution in [2.45, 2.75) is 12.2 Å². The highest BCUT2D eigenvalue weighted by Crippen LogP contribution is 2.25. The summed E-state index contributed by atoms with van der Waals surface area (Å²) in [6.45, 7) is -1.30. The normalized spacial score (nSPS) is 13.1. The lowest BCUT2D eigenvalue weighted by molar-refractivity contribution is -0.146. The van der Waals surface area contributed by atoms with Crippen LogP contribution in [0.15, 0.2) is 36.7 Å². The molecule has 2 rings (SSSR count). The van der Waals surface area contributed by atoms with E-state index in [-0.39, 0.29) is 0 Å². The summed E-state index contributed by atoms with van der Waals surface area (Å²) in [6.07, 6.45) is -1.48. The van der Waals surface area contributed by atoms with Gasteiger partial charge in [-0.05, 0) is 5.39 Å². The lowest BCUT2D eigenvalue weighted by atomic mass is 10.0. The van der Waals surface area contributed by atoms with Crippen LogP contribution in [0, 0.1) is 0 Å². The molecule has 2 aromatic rings. The Morgan fingerprint density at radius 3 is 2.71 bits per heavy atom. The zero-order chi connectivity index (χ0) is 15.5. The first kappa shape index (κ1) is 15.2. The molecule has 4 nitrogen and oxygen atoms in total. The summed E-state index contributed by atoms with van der Waals surface area (Å²) in [7, 11) is 1.13.